The number of halogens is 2. The van der Waals surface area contributed by atoms with Crippen molar-refractivity contribution in [1.82, 2.24) is 5.32 Å². The highest BCUT2D eigenvalue weighted by Gasteiger charge is 2.19. The number of nitrogens with one attached hydrogen (secondary N) is 1. The maximum atomic E-state index is 11.2. The van der Waals surface area contributed by atoms with E-state index < -0.39 is 0 Å². The lowest BCUT2D eigenvalue weighted by atomic mass is 10.1. The number of amides is 1. The molecule has 2 nitrogen and oxygen atoms in total. The molecular weight excluding hydrogens is 333 g/mol. The Balaban J connectivity index is 2.63. The van der Waals surface area contributed by atoms with Crippen LogP contribution in [-0.2, 0) is 6.54 Å². The fourth-order valence-corrected chi connectivity index (χ4v) is 2.07. The van der Waals surface area contributed by atoms with Gasteiger partial charge in [-0.2, -0.15) is 0 Å². The lowest BCUT2D eigenvalue weighted by Crippen LogP contribution is -2.12. The molecule has 1 heterocycles. The molecule has 0 bridgehead atoms. The average Bonchev–Trinajstić information content (AvgIpc) is 2.35. The molecule has 1 aromatic carbocycles. The van der Waals surface area contributed by atoms with Crippen LogP contribution in [0.15, 0.2) is 16.6 Å². The Morgan fingerprint density at radius 1 is 1.50 bits per heavy atom. The van der Waals surface area contributed by atoms with Crippen molar-refractivity contribution in [1.29, 1.82) is 0 Å². The number of hydrogen-bond acceptors (Lipinski definition) is 1. The van der Waals surface area contributed by atoms with Gasteiger partial charge in [0.05, 0.1) is 0 Å². The topological polar surface area (TPSA) is 29.1 Å². The molecule has 1 N–H and O–H groups in total. The summed E-state index contributed by atoms with van der Waals surface area (Å²) >= 11 is 5.62. The van der Waals surface area contributed by atoms with Crippen molar-refractivity contribution in [2.75, 3.05) is 0 Å². The normalized spacial score (nSPS) is 14.3. The van der Waals surface area contributed by atoms with Gasteiger partial charge < -0.3 is 5.32 Å². The number of hydrogen-bond donors (Lipinski definition) is 1. The summed E-state index contributed by atoms with van der Waals surface area (Å²) in [5.74, 6) is 0.0374. The SMILES string of the molecule is O=C1NCc2cc(Br)c(I)cc21. The van der Waals surface area contributed by atoms with Crippen LogP contribution >= 0.6 is 38.5 Å². The van der Waals surface area contributed by atoms with E-state index in [2.05, 4.69) is 43.8 Å². The minimum absolute atomic E-state index is 0.0374. The van der Waals surface area contributed by atoms with Crippen LogP contribution in [0.3, 0.4) is 0 Å². The van der Waals surface area contributed by atoms with Crippen LogP contribution < -0.4 is 5.32 Å². The van der Waals surface area contributed by atoms with E-state index in [1.807, 2.05) is 12.1 Å². The van der Waals surface area contributed by atoms with Gasteiger partial charge in [0.25, 0.3) is 5.91 Å². The van der Waals surface area contributed by atoms with Crippen LogP contribution in [-0.4, -0.2) is 5.91 Å². The molecule has 1 aromatic rings. The van der Waals surface area contributed by atoms with Crippen molar-refractivity contribution < 1.29 is 4.79 Å². The van der Waals surface area contributed by atoms with Gasteiger partial charge in [0, 0.05) is 20.2 Å². The van der Waals surface area contributed by atoms with Gasteiger partial charge in [-0.25, -0.2) is 0 Å². The summed E-state index contributed by atoms with van der Waals surface area (Å²) in [6.45, 7) is 0.656. The first-order chi connectivity index (χ1) is 5.68. The number of fused-ring (bicyclic) bond motifs is 1. The molecule has 4 heteroatoms. The highest BCUT2D eigenvalue weighted by molar-refractivity contribution is 14.1. The van der Waals surface area contributed by atoms with Crippen molar-refractivity contribution in [3.05, 3.63) is 31.3 Å². The Labute approximate surface area is 92.0 Å². The van der Waals surface area contributed by atoms with E-state index in [-0.39, 0.29) is 5.91 Å². The minimum atomic E-state index is 0.0374. The van der Waals surface area contributed by atoms with Gasteiger partial charge in [-0.15, -0.1) is 0 Å². The zero-order valence-electron chi connectivity index (χ0n) is 6.03. The summed E-state index contributed by atoms with van der Waals surface area (Å²) in [6.07, 6.45) is 0. The zero-order chi connectivity index (χ0) is 8.72. The number of carbonyl (C=O) groups is 1. The van der Waals surface area contributed by atoms with E-state index in [0.717, 1.165) is 19.2 Å². The van der Waals surface area contributed by atoms with Crippen LogP contribution in [0.2, 0.25) is 0 Å². The van der Waals surface area contributed by atoms with Gasteiger partial charge in [-0.1, -0.05) is 0 Å². The zero-order valence-corrected chi connectivity index (χ0v) is 9.77. The van der Waals surface area contributed by atoms with Crippen molar-refractivity contribution in [2.45, 2.75) is 6.54 Å². The van der Waals surface area contributed by atoms with E-state index in [1.165, 1.54) is 0 Å². The van der Waals surface area contributed by atoms with Crippen LogP contribution in [0, 0.1) is 3.57 Å². The molecular formula is C8H5BrINO. The Kier molecular flexibility index (Phi) is 2.12. The second kappa shape index (κ2) is 2.99. The van der Waals surface area contributed by atoms with Crippen molar-refractivity contribution in [3.63, 3.8) is 0 Å². The van der Waals surface area contributed by atoms with Crippen molar-refractivity contribution in [3.8, 4) is 0 Å². The van der Waals surface area contributed by atoms with E-state index in [1.54, 1.807) is 0 Å². The fourth-order valence-electron chi connectivity index (χ4n) is 1.22. The molecule has 0 aromatic heterocycles. The second-order valence-corrected chi connectivity index (χ2v) is 4.62. The maximum Gasteiger partial charge on any atom is 0.251 e. The summed E-state index contributed by atoms with van der Waals surface area (Å²) in [4.78, 5) is 11.2. The lowest BCUT2D eigenvalue weighted by Gasteiger charge is -1.99. The monoisotopic (exact) mass is 337 g/mol. The molecule has 1 aliphatic rings. The molecule has 0 unspecified atom stereocenters. The number of benzene rings is 1. The largest absolute Gasteiger partial charge is 0.348 e. The first-order valence-corrected chi connectivity index (χ1v) is 5.32. The van der Waals surface area contributed by atoms with E-state index in [4.69, 9.17) is 0 Å². The third kappa shape index (κ3) is 1.26. The fraction of sp³-hybridized carbons (Fsp3) is 0.125. The molecule has 0 spiro atoms. The lowest BCUT2D eigenvalue weighted by molar-refractivity contribution is 0.0965. The molecule has 0 aliphatic carbocycles. The third-order valence-electron chi connectivity index (χ3n) is 1.83. The summed E-state index contributed by atoms with van der Waals surface area (Å²) in [6, 6.07) is 3.90. The quantitative estimate of drug-likeness (QED) is 0.723. The van der Waals surface area contributed by atoms with E-state index in [0.29, 0.717) is 6.54 Å². The molecule has 0 radical (unpaired) electrons. The standard InChI is InChI=1S/C8H5BrINO/c9-6-1-4-3-11-8(12)5(4)2-7(6)10/h1-2H,3H2,(H,11,12). The molecule has 0 saturated heterocycles. The van der Waals surface area contributed by atoms with E-state index in [9.17, 15) is 4.79 Å². The molecule has 1 aliphatic heterocycles. The first kappa shape index (κ1) is 8.50. The smallest absolute Gasteiger partial charge is 0.251 e. The Morgan fingerprint density at radius 3 is 3.00 bits per heavy atom. The molecule has 0 saturated carbocycles. The predicted molar refractivity (Wildman–Crippen MR) is 58.0 cm³/mol. The van der Waals surface area contributed by atoms with Crippen LogP contribution in [0.25, 0.3) is 0 Å². The number of rotatable bonds is 0. The summed E-state index contributed by atoms with van der Waals surface area (Å²) < 4.78 is 2.13. The highest BCUT2D eigenvalue weighted by Crippen LogP contribution is 2.25. The van der Waals surface area contributed by atoms with Gasteiger partial charge in [-0.3, -0.25) is 4.79 Å². The van der Waals surface area contributed by atoms with Gasteiger partial charge in [0.2, 0.25) is 0 Å². The average molecular weight is 338 g/mol. The molecule has 62 valence electrons. The predicted octanol–water partition coefficient (Wildman–Crippen LogP) is 2.30. The highest BCUT2D eigenvalue weighted by atomic mass is 127. The Hall–Kier alpha value is -0.100. The van der Waals surface area contributed by atoms with Crippen molar-refractivity contribution >= 4 is 44.4 Å². The maximum absolute atomic E-state index is 11.2. The Morgan fingerprint density at radius 2 is 2.25 bits per heavy atom. The van der Waals surface area contributed by atoms with E-state index >= 15 is 0 Å². The third-order valence-corrected chi connectivity index (χ3v) is 4.12. The van der Waals surface area contributed by atoms with Crippen LogP contribution in [0.5, 0.6) is 0 Å². The molecule has 12 heavy (non-hydrogen) atoms. The number of carbonyl (C=O) groups excluding carboxylic acids is 1. The van der Waals surface area contributed by atoms with Crippen LogP contribution in [0.4, 0.5) is 0 Å². The van der Waals surface area contributed by atoms with Gasteiger partial charge in [0.1, 0.15) is 0 Å². The van der Waals surface area contributed by atoms with Crippen LogP contribution in [0.1, 0.15) is 15.9 Å². The summed E-state index contributed by atoms with van der Waals surface area (Å²) in [7, 11) is 0. The Bertz CT molecular complexity index is 364. The summed E-state index contributed by atoms with van der Waals surface area (Å²) in [5.41, 5.74) is 1.88. The molecule has 0 atom stereocenters. The van der Waals surface area contributed by atoms with Gasteiger partial charge in [-0.05, 0) is 56.2 Å². The minimum Gasteiger partial charge on any atom is -0.348 e. The van der Waals surface area contributed by atoms with Gasteiger partial charge in [0.15, 0.2) is 0 Å². The molecule has 0 fully saturated rings. The van der Waals surface area contributed by atoms with Gasteiger partial charge >= 0.3 is 0 Å². The van der Waals surface area contributed by atoms with Crippen molar-refractivity contribution in [2.24, 2.45) is 0 Å². The molecule has 2 rings (SSSR count). The second-order valence-electron chi connectivity index (χ2n) is 2.61. The summed E-state index contributed by atoms with van der Waals surface area (Å²) in [5, 5.41) is 2.78. The molecule has 1 amide bonds. The first-order valence-electron chi connectivity index (χ1n) is 3.44.